The van der Waals surface area contributed by atoms with Gasteiger partial charge in [0.2, 0.25) is 17.7 Å². The van der Waals surface area contributed by atoms with E-state index in [2.05, 4.69) is 21.3 Å². The summed E-state index contributed by atoms with van der Waals surface area (Å²) < 4.78 is 5.27. The fourth-order valence-corrected chi connectivity index (χ4v) is 5.04. The lowest BCUT2D eigenvalue weighted by molar-refractivity contribution is -0.131. The Kier molecular flexibility index (Phi) is 18.6. The third-order valence-electron chi connectivity index (χ3n) is 7.40. The fourth-order valence-electron chi connectivity index (χ4n) is 5.04. The molecule has 0 aromatic heterocycles. The van der Waals surface area contributed by atoms with Gasteiger partial charge in [-0.25, -0.2) is 4.79 Å². The minimum atomic E-state index is -1.08. The predicted molar refractivity (Wildman–Crippen MR) is 168 cm³/mol. The third kappa shape index (κ3) is 15.4. The third-order valence-corrected chi connectivity index (χ3v) is 7.40. The zero-order valence-electron chi connectivity index (χ0n) is 25.8. The Morgan fingerprint density at radius 2 is 1.63 bits per heavy atom. The average molecular weight is 626 g/mol. The monoisotopic (exact) mass is 625 g/mol. The number of nitrogens with one attached hydrogen (secondary N) is 4. The molecule has 4 amide bonds. The van der Waals surface area contributed by atoms with Gasteiger partial charge in [-0.15, -0.1) is 12.4 Å². The lowest BCUT2D eigenvalue weighted by Gasteiger charge is -2.28. The van der Waals surface area contributed by atoms with E-state index in [-0.39, 0.29) is 43.3 Å². The van der Waals surface area contributed by atoms with Gasteiger partial charge in [0, 0.05) is 6.04 Å². The van der Waals surface area contributed by atoms with Gasteiger partial charge >= 0.3 is 6.09 Å². The Morgan fingerprint density at radius 3 is 2.26 bits per heavy atom. The maximum absolute atomic E-state index is 13.1. The van der Waals surface area contributed by atoms with Gasteiger partial charge in [0.25, 0.3) is 0 Å². The molecule has 7 N–H and O–H groups in total. The largest absolute Gasteiger partial charge is 0.445 e. The van der Waals surface area contributed by atoms with Crippen molar-refractivity contribution in [2.45, 2.75) is 122 Å². The number of nitrogens with two attached hydrogens (primary N) is 1. The van der Waals surface area contributed by atoms with Crippen LogP contribution in [0.3, 0.4) is 0 Å². The smallest absolute Gasteiger partial charge is 0.408 e. The van der Waals surface area contributed by atoms with Gasteiger partial charge in [0.15, 0.2) is 0 Å². The van der Waals surface area contributed by atoms with Gasteiger partial charge < -0.3 is 36.8 Å². The molecule has 0 radical (unpaired) electrons. The normalized spacial score (nSPS) is 16.1. The molecule has 0 bridgehead atoms. The summed E-state index contributed by atoms with van der Waals surface area (Å²) in [5.41, 5.74) is 6.41. The van der Waals surface area contributed by atoms with E-state index in [0.717, 1.165) is 31.2 Å². The summed E-state index contributed by atoms with van der Waals surface area (Å²) in [6.45, 7) is 5.97. The molecule has 2 rings (SSSR count). The molecule has 43 heavy (non-hydrogen) atoms. The summed E-state index contributed by atoms with van der Waals surface area (Å²) in [5.74, 6) is -1.11. The van der Waals surface area contributed by atoms with Crippen molar-refractivity contribution in [1.29, 1.82) is 0 Å². The van der Waals surface area contributed by atoms with E-state index in [1.54, 1.807) is 0 Å². The molecule has 1 aromatic rings. The molecule has 1 aliphatic carbocycles. The Labute approximate surface area is 262 Å². The van der Waals surface area contributed by atoms with Crippen molar-refractivity contribution in [2.75, 3.05) is 6.54 Å². The highest BCUT2D eigenvalue weighted by molar-refractivity contribution is 5.91. The quantitative estimate of drug-likeness (QED) is 0.144. The van der Waals surface area contributed by atoms with Crippen LogP contribution in [-0.2, 0) is 25.7 Å². The molecule has 1 aromatic carbocycles. The van der Waals surface area contributed by atoms with Crippen LogP contribution in [0, 0.1) is 5.92 Å². The highest BCUT2D eigenvalue weighted by atomic mass is 35.5. The van der Waals surface area contributed by atoms with E-state index in [1.165, 1.54) is 13.3 Å². The van der Waals surface area contributed by atoms with Gasteiger partial charge in [-0.2, -0.15) is 0 Å². The number of alkyl carbamates (subject to hydrolysis) is 1. The number of hydrogen-bond acceptors (Lipinski definition) is 7. The molecule has 4 atom stereocenters. The Hall–Kier alpha value is -2.89. The van der Waals surface area contributed by atoms with Crippen LogP contribution >= 0.6 is 12.4 Å². The molecule has 12 heteroatoms. The second-order valence-electron chi connectivity index (χ2n) is 11.7. The summed E-state index contributed by atoms with van der Waals surface area (Å²) in [6.07, 6.45) is 5.34. The molecule has 11 nitrogen and oxygen atoms in total. The first-order chi connectivity index (χ1) is 20.1. The summed E-state index contributed by atoms with van der Waals surface area (Å²) in [6, 6.07) is 6.78. The molecule has 1 saturated carbocycles. The van der Waals surface area contributed by atoms with Crippen LogP contribution in [0.4, 0.5) is 4.79 Å². The molecule has 0 aliphatic heterocycles. The van der Waals surface area contributed by atoms with Crippen LogP contribution in [-0.4, -0.2) is 65.7 Å². The second-order valence-corrected chi connectivity index (χ2v) is 11.7. The molecule has 1 fully saturated rings. The Balaban J connectivity index is 0.00000924. The Morgan fingerprint density at radius 1 is 0.953 bits per heavy atom. The summed E-state index contributed by atoms with van der Waals surface area (Å²) >= 11 is 0. The van der Waals surface area contributed by atoms with Crippen molar-refractivity contribution in [3.8, 4) is 0 Å². The SMILES string of the molecule is CC(C)C[C@H](NC(=O)[C@H](C)NC(=O)[C@H](CCCCN)NC(=O)OCc1ccccc1)[C@@H](O)CC(=O)NC1CCCCC1.Cl. The minimum absolute atomic E-state index is 0. The van der Waals surface area contributed by atoms with Gasteiger partial charge in [0.1, 0.15) is 18.7 Å². The first kappa shape index (κ1) is 38.1. The molecular weight excluding hydrogens is 574 g/mol. The Bertz CT molecular complexity index is 977. The van der Waals surface area contributed by atoms with Crippen molar-refractivity contribution >= 4 is 36.2 Å². The predicted octanol–water partition coefficient (Wildman–Crippen LogP) is 3.07. The van der Waals surface area contributed by atoms with Gasteiger partial charge in [-0.3, -0.25) is 14.4 Å². The van der Waals surface area contributed by atoms with E-state index in [0.29, 0.717) is 32.2 Å². The molecule has 0 unspecified atom stereocenters. The zero-order valence-corrected chi connectivity index (χ0v) is 26.6. The average Bonchev–Trinajstić information content (AvgIpc) is 2.95. The van der Waals surface area contributed by atoms with E-state index >= 15 is 0 Å². The number of halogens is 1. The maximum atomic E-state index is 13.1. The highest BCUT2D eigenvalue weighted by Gasteiger charge is 2.29. The number of rotatable bonds is 17. The molecule has 0 spiro atoms. The first-order valence-corrected chi connectivity index (χ1v) is 15.3. The van der Waals surface area contributed by atoms with Crippen molar-refractivity contribution in [3.63, 3.8) is 0 Å². The van der Waals surface area contributed by atoms with Crippen LogP contribution in [0.2, 0.25) is 0 Å². The number of carbonyl (C=O) groups excluding carboxylic acids is 4. The number of carbonyl (C=O) groups is 4. The number of benzene rings is 1. The number of aliphatic hydroxyl groups excluding tert-OH is 1. The van der Waals surface area contributed by atoms with Crippen molar-refractivity contribution < 1.29 is 29.0 Å². The highest BCUT2D eigenvalue weighted by Crippen LogP contribution is 2.18. The molecule has 0 saturated heterocycles. The number of amides is 4. The van der Waals surface area contributed by atoms with Crippen molar-refractivity contribution in [1.82, 2.24) is 21.3 Å². The van der Waals surface area contributed by atoms with Crippen molar-refractivity contribution in [3.05, 3.63) is 35.9 Å². The number of unbranched alkanes of at least 4 members (excludes halogenated alkanes) is 1. The number of ether oxygens (including phenoxy) is 1. The summed E-state index contributed by atoms with van der Waals surface area (Å²) in [5, 5.41) is 22.0. The van der Waals surface area contributed by atoms with E-state index in [9.17, 15) is 24.3 Å². The van der Waals surface area contributed by atoms with Gasteiger partial charge in [-0.1, -0.05) is 63.4 Å². The standard InChI is InChI=1S/C31H51N5O6.ClH/c1-21(2)18-26(27(37)19-28(38)34-24-14-8-5-9-15-24)35-29(39)22(3)33-30(40)25(16-10-11-17-32)36-31(41)42-20-23-12-6-4-7-13-23;/h4,6-7,12-13,21-22,24-27,37H,5,8-11,14-20,32H2,1-3H3,(H,33,40)(H,34,38)(H,35,39)(H,36,41);1H/t22-,25-,26-,27-;/m0./s1. The molecule has 0 heterocycles. The second kappa shape index (κ2) is 20.9. The summed E-state index contributed by atoms with van der Waals surface area (Å²) in [4.78, 5) is 51.2. The van der Waals surface area contributed by atoms with Crippen LogP contribution in [0.1, 0.15) is 90.5 Å². The summed E-state index contributed by atoms with van der Waals surface area (Å²) in [7, 11) is 0. The van der Waals surface area contributed by atoms with Crippen LogP contribution in [0.25, 0.3) is 0 Å². The molecule has 1 aliphatic rings. The van der Waals surface area contributed by atoms with Crippen LogP contribution in [0.5, 0.6) is 0 Å². The molecule has 244 valence electrons. The lowest BCUT2D eigenvalue weighted by atomic mass is 9.94. The van der Waals surface area contributed by atoms with Crippen LogP contribution < -0.4 is 27.0 Å². The number of aliphatic hydroxyl groups is 1. The van der Waals surface area contributed by atoms with E-state index in [1.807, 2.05) is 44.2 Å². The topological polar surface area (TPSA) is 172 Å². The maximum Gasteiger partial charge on any atom is 0.408 e. The number of hydrogen-bond donors (Lipinski definition) is 6. The van der Waals surface area contributed by atoms with E-state index < -0.39 is 42.1 Å². The first-order valence-electron chi connectivity index (χ1n) is 15.3. The van der Waals surface area contributed by atoms with Gasteiger partial charge in [0.05, 0.1) is 18.6 Å². The van der Waals surface area contributed by atoms with Crippen molar-refractivity contribution in [2.24, 2.45) is 11.7 Å². The fraction of sp³-hybridized carbons (Fsp3) is 0.677. The van der Waals surface area contributed by atoms with E-state index in [4.69, 9.17) is 10.5 Å². The zero-order chi connectivity index (χ0) is 30.9. The van der Waals surface area contributed by atoms with Gasteiger partial charge in [-0.05, 0) is 63.5 Å². The minimum Gasteiger partial charge on any atom is -0.445 e. The molecular formula is C31H52ClN5O6. The lowest BCUT2D eigenvalue weighted by Crippen LogP contribution is -2.55. The van der Waals surface area contributed by atoms with Crippen LogP contribution in [0.15, 0.2) is 30.3 Å².